The molecule has 2 aliphatic heterocycles. The van der Waals surface area contributed by atoms with Crippen LogP contribution < -0.4 is 0 Å². The number of esters is 1. The van der Waals surface area contributed by atoms with Gasteiger partial charge in [-0.25, -0.2) is 9.79 Å². The molecular weight excluding hydrogens is 334 g/mol. The van der Waals surface area contributed by atoms with Gasteiger partial charge in [0.1, 0.15) is 5.60 Å². The number of fused-ring (bicyclic) bond motifs is 1. The van der Waals surface area contributed by atoms with Gasteiger partial charge in [0.25, 0.3) is 0 Å². The van der Waals surface area contributed by atoms with Crippen molar-refractivity contribution in [1.82, 2.24) is 0 Å². The van der Waals surface area contributed by atoms with Crippen LogP contribution in [0.25, 0.3) is 0 Å². The molecular formula is C20H27NO5. The Morgan fingerprint density at radius 3 is 2.42 bits per heavy atom. The molecule has 0 radical (unpaired) electrons. The Morgan fingerprint density at radius 2 is 1.88 bits per heavy atom. The second-order valence-electron chi connectivity index (χ2n) is 7.75. The highest BCUT2D eigenvalue weighted by Gasteiger charge is 2.86. The molecule has 6 heteroatoms. The topological polar surface area (TPSA) is 66.3 Å². The lowest BCUT2D eigenvalue weighted by Gasteiger charge is -2.60. The van der Waals surface area contributed by atoms with E-state index in [-0.39, 0.29) is 0 Å². The number of nitrogens with zero attached hydrogens (tertiary/aromatic N) is 1. The van der Waals surface area contributed by atoms with Crippen LogP contribution in [0.4, 0.5) is 0 Å². The number of benzene rings is 1. The molecule has 1 aromatic carbocycles. The number of carbonyl (C=O) groups is 1. The van der Waals surface area contributed by atoms with Gasteiger partial charge in [-0.3, -0.25) is 4.74 Å². The molecule has 3 rings (SSSR count). The van der Waals surface area contributed by atoms with Crippen LogP contribution in [-0.4, -0.2) is 36.1 Å². The molecule has 1 aromatic rings. The van der Waals surface area contributed by atoms with Gasteiger partial charge in [0, 0.05) is 14.0 Å². The van der Waals surface area contributed by atoms with Crippen molar-refractivity contribution in [1.29, 1.82) is 0 Å². The molecule has 2 aliphatic rings. The lowest BCUT2D eigenvalue weighted by molar-refractivity contribution is -0.492. The summed E-state index contributed by atoms with van der Waals surface area (Å²) < 4.78 is 23.4. The molecule has 0 saturated carbocycles. The normalized spacial score (nSPS) is 32.9. The Morgan fingerprint density at radius 1 is 1.23 bits per heavy atom. The average Bonchev–Trinajstić information content (AvgIpc) is 2.77. The van der Waals surface area contributed by atoms with Gasteiger partial charge in [-0.05, 0) is 32.8 Å². The quantitative estimate of drug-likeness (QED) is 0.751. The van der Waals surface area contributed by atoms with Gasteiger partial charge < -0.3 is 14.2 Å². The van der Waals surface area contributed by atoms with E-state index in [2.05, 4.69) is 0 Å². The number of methoxy groups -OCH3 is 1. The Labute approximate surface area is 154 Å². The maximum atomic E-state index is 13.4. The highest BCUT2D eigenvalue weighted by atomic mass is 16.9. The summed E-state index contributed by atoms with van der Waals surface area (Å²) in [5, 5.41) is 0. The van der Waals surface area contributed by atoms with Gasteiger partial charge >= 0.3 is 11.9 Å². The lowest BCUT2D eigenvalue weighted by atomic mass is 9.65. The van der Waals surface area contributed by atoms with E-state index < -0.39 is 28.7 Å². The van der Waals surface area contributed by atoms with E-state index in [0.29, 0.717) is 17.9 Å². The van der Waals surface area contributed by atoms with E-state index in [4.69, 9.17) is 23.9 Å². The van der Waals surface area contributed by atoms with Crippen molar-refractivity contribution in [3.63, 3.8) is 0 Å². The van der Waals surface area contributed by atoms with Gasteiger partial charge in [-0.2, -0.15) is 0 Å². The molecule has 3 atom stereocenters. The first kappa shape index (κ1) is 18.9. The fourth-order valence-electron chi connectivity index (χ4n) is 3.93. The van der Waals surface area contributed by atoms with Gasteiger partial charge in [-0.1, -0.05) is 43.7 Å². The minimum atomic E-state index is -1.43. The molecule has 0 aliphatic carbocycles. The summed E-state index contributed by atoms with van der Waals surface area (Å²) in [5.74, 6) is -1.47. The van der Waals surface area contributed by atoms with E-state index in [1.165, 1.54) is 7.11 Å². The van der Waals surface area contributed by atoms with Crippen LogP contribution >= 0.6 is 0 Å². The van der Waals surface area contributed by atoms with Crippen molar-refractivity contribution in [2.75, 3.05) is 7.11 Å². The maximum absolute atomic E-state index is 13.4. The molecule has 1 fully saturated rings. The van der Waals surface area contributed by atoms with Crippen LogP contribution in [-0.2, 0) is 29.3 Å². The minimum absolute atomic E-state index is 0.432. The molecule has 0 amide bonds. The summed E-state index contributed by atoms with van der Waals surface area (Å²) in [4.78, 5) is 18.2. The van der Waals surface area contributed by atoms with E-state index >= 15 is 0 Å². The minimum Gasteiger partial charge on any atom is -0.457 e. The van der Waals surface area contributed by atoms with E-state index in [1.54, 1.807) is 6.92 Å². The molecule has 1 saturated heterocycles. The average molecular weight is 361 g/mol. The summed E-state index contributed by atoms with van der Waals surface area (Å²) >= 11 is 0. The van der Waals surface area contributed by atoms with Crippen molar-refractivity contribution >= 4 is 11.9 Å². The smallest absolute Gasteiger partial charge is 0.360 e. The molecule has 6 nitrogen and oxygen atoms in total. The lowest BCUT2D eigenvalue weighted by Crippen LogP contribution is -2.81. The largest absolute Gasteiger partial charge is 0.457 e. The molecule has 0 unspecified atom stereocenters. The second kappa shape index (κ2) is 6.06. The van der Waals surface area contributed by atoms with Gasteiger partial charge in [0.2, 0.25) is 11.1 Å². The summed E-state index contributed by atoms with van der Waals surface area (Å²) in [6.45, 7) is 9.26. The third kappa shape index (κ3) is 2.39. The molecule has 26 heavy (non-hydrogen) atoms. The fraction of sp³-hybridized carbons (Fsp3) is 0.600. The number of hydrogen-bond donors (Lipinski definition) is 0. The van der Waals surface area contributed by atoms with Crippen LogP contribution in [0.2, 0.25) is 0 Å². The van der Waals surface area contributed by atoms with Crippen LogP contribution in [0.5, 0.6) is 0 Å². The van der Waals surface area contributed by atoms with Gasteiger partial charge in [0.15, 0.2) is 5.90 Å². The highest BCUT2D eigenvalue weighted by Crippen LogP contribution is 2.64. The first-order valence-electron chi connectivity index (χ1n) is 8.96. The SMILES string of the molecule is CCC[C@@]12N=C(C)O[C@]1(OC)O[C@]2(C(=O)OC(C)(C)C)c1ccccc1. The first-order chi connectivity index (χ1) is 12.2. The van der Waals surface area contributed by atoms with Crippen molar-refractivity contribution in [2.24, 2.45) is 4.99 Å². The molecule has 0 spiro atoms. The Kier molecular flexibility index (Phi) is 4.40. The zero-order chi connectivity index (χ0) is 19.2. The van der Waals surface area contributed by atoms with Gasteiger partial charge in [0.05, 0.1) is 0 Å². The zero-order valence-corrected chi connectivity index (χ0v) is 16.3. The third-order valence-electron chi connectivity index (χ3n) is 4.75. The number of carbonyl (C=O) groups excluding carboxylic acids is 1. The van der Waals surface area contributed by atoms with Crippen molar-refractivity contribution in [3.8, 4) is 0 Å². The number of aliphatic imine (C=N–C) groups is 1. The summed E-state index contributed by atoms with van der Waals surface area (Å²) in [6.07, 6.45) is 1.32. The molecule has 0 N–H and O–H groups in total. The van der Waals surface area contributed by atoms with Crippen LogP contribution in [0.15, 0.2) is 35.3 Å². The van der Waals surface area contributed by atoms with Crippen molar-refractivity contribution in [2.45, 2.75) is 70.2 Å². The third-order valence-corrected chi connectivity index (χ3v) is 4.75. The fourth-order valence-corrected chi connectivity index (χ4v) is 3.93. The summed E-state index contributed by atoms with van der Waals surface area (Å²) in [6, 6.07) is 9.32. The summed E-state index contributed by atoms with van der Waals surface area (Å²) in [5.41, 5.74) is -2.46. The maximum Gasteiger partial charge on any atom is 0.360 e. The monoisotopic (exact) mass is 361 g/mol. The van der Waals surface area contributed by atoms with E-state index in [0.717, 1.165) is 6.42 Å². The van der Waals surface area contributed by atoms with Gasteiger partial charge in [-0.15, -0.1) is 0 Å². The molecule has 0 aromatic heterocycles. The predicted molar refractivity (Wildman–Crippen MR) is 96.6 cm³/mol. The van der Waals surface area contributed by atoms with Crippen LogP contribution in [0.1, 0.15) is 53.0 Å². The number of hydrogen-bond acceptors (Lipinski definition) is 6. The second-order valence-corrected chi connectivity index (χ2v) is 7.75. The Bertz CT molecular complexity index is 725. The zero-order valence-electron chi connectivity index (χ0n) is 16.3. The summed E-state index contributed by atoms with van der Waals surface area (Å²) in [7, 11) is 1.50. The first-order valence-corrected chi connectivity index (χ1v) is 8.96. The van der Waals surface area contributed by atoms with Crippen LogP contribution in [0, 0.1) is 0 Å². The molecule has 2 heterocycles. The Hall–Kier alpha value is -1.92. The standard InChI is InChI=1S/C20H27NO5/c1-7-13-18-19(15-11-9-8-10-12-15,16(22)25-17(3,4)5)26-20(18,23-6)24-14(2)21-18/h8-12H,7,13H2,1-6H3/t18-,19-,20-/m0/s1. The Balaban J connectivity index is 2.21. The molecule has 142 valence electrons. The van der Waals surface area contributed by atoms with Crippen LogP contribution in [0.3, 0.4) is 0 Å². The molecule has 0 bridgehead atoms. The van der Waals surface area contributed by atoms with Crippen molar-refractivity contribution in [3.05, 3.63) is 35.9 Å². The number of ether oxygens (including phenoxy) is 4. The van der Waals surface area contributed by atoms with E-state index in [1.807, 2.05) is 58.0 Å². The number of rotatable bonds is 5. The van der Waals surface area contributed by atoms with E-state index in [9.17, 15) is 4.79 Å². The van der Waals surface area contributed by atoms with Crippen molar-refractivity contribution < 1.29 is 23.7 Å². The highest BCUT2D eigenvalue weighted by molar-refractivity contribution is 5.89. The predicted octanol–water partition coefficient (Wildman–Crippen LogP) is 3.54.